The number of hydrogen-bond acceptors (Lipinski definition) is 4. The highest BCUT2D eigenvalue weighted by Crippen LogP contribution is 2.27. The third-order valence-corrected chi connectivity index (χ3v) is 5.35. The van der Waals surface area contributed by atoms with Crippen LogP contribution in [0, 0.1) is 24.5 Å². The Bertz CT molecular complexity index is 833. The maximum atomic E-state index is 14.0. The summed E-state index contributed by atoms with van der Waals surface area (Å²) in [5.41, 5.74) is 0.706. The minimum Gasteiger partial charge on any atom is -0.441 e. The first-order valence-electron chi connectivity index (χ1n) is 9.85. The highest BCUT2D eigenvalue weighted by molar-refractivity contribution is 5.79. The lowest BCUT2D eigenvalue weighted by Crippen LogP contribution is -2.44. The first-order valence-corrected chi connectivity index (χ1v) is 9.85. The first kappa shape index (κ1) is 20.5. The number of carbonyl (C=O) groups excluding carboxylic acids is 1. The fraction of sp³-hybridized carbons (Fsp3) is 0.524. The van der Waals surface area contributed by atoms with Crippen LogP contribution in [0.15, 0.2) is 22.6 Å². The zero-order chi connectivity index (χ0) is 20.3. The molecule has 3 rings (SSSR count). The summed E-state index contributed by atoms with van der Waals surface area (Å²) in [6.45, 7) is 9.26. The molecule has 7 heteroatoms. The molecule has 1 aliphatic heterocycles. The van der Waals surface area contributed by atoms with E-state index in [1.165, 1.54) is 0 Å². The van der Waals surface area contributed by atoms with Crippen LogP contribution in [0.25, 0.3) is 11.5 Å². The van der Waals surface area contributed by atoms with E-state index in [1.807, 2.05) is 18.7 Å². The lowest BCUT2D eigenvalue weighted by Gasteiger charge is -2.34. The van der Waals surface area contributed by atoms with Crippen LogP contribution in [-0.4, -0.2) is 46.9 Å². The van der Waals surface area contributed by atoms with Gasteiger partial charge in [-0.25, -0.2) is 13.8 Å². The van der Waals surface area contributed by atoms with Crippen molar-refractivity contribution in [2.75, 3.05) is 26.2 Å². The number of hydrogen-bond donors (Lipinski definition) is 0. The predicted molar refractivity (Wildman–Crippen MR) is 103 cm³/mol. The average Bonchev–Trinajstić information content (AvgIpc) is 3.05. The van der Waals surface area contributed by atoms with E-state index in [2.05, 4.69) is 9.88 Å². The van der Waals surface area contributed by atoms with Crippen LogP contribution in [0.4, 0.5) is 8.78 Å². The Balaban J connectivity index is 1.72. The highest BCUT2D eigenvalue weighted by atomic mass is 19.1. The van der Waals surface area contributed by atoms with Crippen LogP contribution >= 0.6 is 0 Å². The molecule has 1 saturated heterocycles. The van der Waals surface area contributed by atoms with Crippen LogP contribution in [0.2, 0.25) is 0 Å². The summed E-state index contributed by atoms with van der Waals surface area (Å²) in [7, 11) is 0. The van der Waals surface area contributed by atoms with E-state index in [0.717, 1.165) is 50.7 Å². The highest BCUT2D eigenvalue weighted by Gasteiger charge is 2.29. The number of benzene rings is 1. The van der Waals surface area contributed by atoms with E-state index in [0.29, 0.717) is 24.5 Å². The normalized spacial score (nSPS) is 17.7. The Morgan fingerprint density at radius 3 is 2.79 bits per heavy atom. The number of halogens is 2. The zero-order valence-corrected chi connectivity index (χ0v) is 16.7. The number of rotatable bonds is 6. The Kier molecular flexibility index (Phi) is 6.44. The Hall–Kier alpha value is -2.28. The Morgan fingerprint density at radius 1 is 1.32 bits per heavy atom. The van der Waals surface area contributed by atoms with Crippen molar-refractivity contribution in [1.29, 1.82) is 0 Å². The summed E-state index contributed by atoms with van der Waals surface area (Å²) in [4.78, 5) is 21.1. The summed E-state index contributed by atoms with van der Waals surface area (Å²) >= 11 is 0. The largest absolute Gasteiger partial charge is 0.441 e. The van der Waals surface area contributed by atoms with Gasteiger partial charge in [0.15, 0.2) is 0 Å². The molecule has 0 saturated carbocycles. The van der Waals surface area contributed by atoms with Gasteiger partial charge in [-0.3, -0.25) is 9.69 Å². The molecule has 0 bridgehead atoms. The van der Waals surface area contributed by atoms with Crippen molar-refractivity contribution in [3.05, 3.63) is 41.3 Å². The SMILES string of the molecule is CCN(CC)C(=O)[C@@H]1CCCN(Cc2nc(-c3cc(F)ccc3F)oc2C)C1. The molecule has 1 aromatic carbocycles. The molecule has 0 aliphatic carbocycles. The Labute approximate surface area is 164 Å². The van der Waals surface area contributed by atoms with E-state index in [1.54, 1.807) is 6.92 Å². The molecule has 1 aromatic heterocycles. The van der Waals surface area contributed by atoms with Gasteiger partial charge in [0.05, 0.1) is 17.2 Å². The molecule has 2 aromatic rings. The van der Waals surface area contributed by atoms with Gasteiger partial charge >= 0.3 is 0 Å². The quantitative estimate of drug-likeness (QED) is 0.747. The molecule has 2 heterocycles. The number of likely N-dealkylation sites (tertiary alicyclic amines) is 1. The van der Waals surface area contributed by atoms with Crippen LogP contribution in [0.1, 0.15) is 38.1 Å². The molecule has 1 fully saturated rings. The summed E-state index contributed by atoms with van der Waals surface area (Å²) in [6.07, 6.45) is 1.84. The molecule has 152 valence electrons. The summed E-state index contributed by atoms with van der Waals surface area (Å²) in [5.74, 6) is -0.261. The number of piperidine rings is 1. The maximum absolute atomic E-state index is 14.0. The summed E-state index contributed by atoms with van der Waals surface area (Å²) < 4.78 is 33.1. The molecule has 0 spiro atoms. The second-order valence-electron chi connectivity index (χ2n) is 7.23. The van der Waals surface area contributed by atoms with Gasteiger partial charge in [0, 0.05) is 26.2 Å². The third kappa shape index (κ3) is 4.41. The zero-order valence-electron chi connectivity index (χ0n) is 16.7. The minimum absolute atomic E-state index is 0.0130. The monoisotopic (exact) mass is 391 g/mol. The van der Waals surface area contributed by atoms with Crippen molar-refractivity contribution in [2.45, 2.75) is 40.2 Å². The number of amides is 1. The number of nitrogens with zero attached hydrogens (tertiary/aromatic N) is 3. The average molecular weight is 391 g/mol. The predicted octanol–water partition coefficient (Wildman–Crippen LogP) is 4.01. The van der Waals surface area contributed by atoms with Crippen LogP contribution in [0.5, 0.6) is 0 Å². The molecule has 0 N–H and O–H groups in total. The van der Waals surface area contributed by atoms with Gasteiger partial charge < -0.3 is 9.32 Å². The molecule has 28 heavy (non-hydrogen) atoms. The number of aromatic nitrogens is 1. The van der Waals surface area contributed by atoms with Crippen LogP contribution < -0.4 is 0 Å². The number of aryl methyl sites for hydroxylation is 1. The van der Waals surface area contributed by atoms with Crippen molar-refractivity contribution in [2.24, 2.45) is 5.92 Å². The van der Waals surface area contributed by atoms with Gasteiger partial charge in [0.1, 0.15) is 17.4 Å². The molecule has 0 radical (unpaired) electrons. The van der Waals surface area contributed by atoms with Crippen molar-refractivity contribution < 1.29 is 18.0 Å². The molecule has 1 atom stereocenters. The fourth-order valence-electron chi connectivity index (χ4n) is 3.76. The van der Waals surface area contributed by atoms with Crippen LogP contribution in [0.3, 0.4) is 0 Å². The van der Waals surface area contributed by atoms with Crippen LogP contribution in [-0.2, 0) is 11.3 Å². The van der Waals surface area contributed by atoms with Gasteiger partial charge in [-0.15, -0.1) is 0 Å². The first-order chi connectivity index (χ1) is 13.4. The van der Waals surface area contributed by atoms with E-state index in [4.69, 9.17) is 4.42 Å². The van der Waals surface area contributed by atoms with E-state index in [9.17, 15) is 13.6 Å². The second kappa shape index (κ2) is 8.82. The summed E-state index contributed by atoms with van der Waals surface area (Å²) in [5, 5.41) is 0. The van der Waals surface area contributed by atoms with Gasteiger partial charge in [0.2, 0.25) is 11.8 Å². The minimum atomic E-state index is -0.572. The topological polar surface area (TPSA) is 49.6 Å². The van der Waals surface area contributed by atoms with Gasteiger partial charge in [-0.1, -0.05) is 0 Å². The van der Waals surface area contributed by atoms with Crippen molar-refractivity contribution in [1.82, 2.24) is 14.8 Å². The second-order valence-corrected chi connectivity index (χ2v) is 7.23. The van der Waals surface area contributed by atoms with Crippen molar-refractivity contribution in [3.8, 4) is 11.5 Å². The van der Waals surface area contributed by atoms with E-state index < -0.39 is 11.6 Å². The maximum Gasteiger partial charge on any atom is 0.229 e. The summed E-state index contributed by atoms with van der Waals surface area (Å²) in [6, 6.07) is 3.22. The van der Waals surface area contributed by atoms with Gasteiger partial charge in [-0.05, 0) is 58.4 Å². The van der Waals surface area contributed by atoms with E-state index >= 15 is 0 Å². The molecular weight excluding hydrogens is 364 g/mol. The van der Waals surface area contributed by atoms with E-state index in [-0.39, 0.29) is 23.3 Å². The standard InChI is InChI=1S/C21H27F2N3O2/c1-4-26(5-2)21(27)15-7-6-10-25(12-15)13-19-14(3)28-20(24-19)17-11-16(22)8-9-18(17)23/h8-9,11,15H,4-7,10,12-13H2,1-3H3/t15-/m1/s1. The third-order valence-electron chi connectivity index (χ3n) is 5.35. The lowest BCUT2D eigenvalue weighted by atomic mass is 9.96. The number of carbonyl (C=O) groups is 1. The smallest absolute Gasteiger partial charge is 0.229 e. The molecular formula is C21H27F2N3O2. The molecule has 1 amide bonds. The Morgan fingerprint density at radius 2 is 2.07 bits per heavy atom. The molecule has 1 aliphatic rings. The lowest BCUT2D eigenvalue weighted by molar-refractivity contribution is -0.137. The fourth-order valence-corrected chi connectivity index (χ4v) is 3.76. The molecule has 0 unspecified atom stereocenters. The molecule has 5 nitrogen and oxygen atoms in total. The number of oxazole rings is 1. The van der Waals surface area contributed by atoms with Gasteiger partial charge in [-0.2, -0.15) is 0 Å². The van der Waals surface area contributed by atoms with Crippen molar-refractivity contribution in [3.63, 3.8) is 0 Å². The van der Waals surface area contributed by atoms with Gasteiger partial charge in [0.25, 0.3) is 0 Å². The van der Waals surface area contributed by atoms with Crippen molar-refractivity contribution >= 4 is 5.91 Å².